The molecule has 5 heteroatoms. The van der Waals surface area contributed by atoms with E-state index < -0.39 is 0 Å². The second-order valence-corrected chi connectivity index (χ2v) is 4.38. The van der Waals surface area contributed by atoms with Crippen LogP contribution in [-0.4, -0.2) is 60.5 Å². The van der Waals surface area contributed by atoms with Crippen LogP contribution >= 0.6 is 0 Å². The molecule has 1 amide bonds. The fourth-order valence-electron chi connectivity index (χ4n) is 1.99. The molecule has 1 fully saturated rings. The molecular weight excluding hydrogens is 230 g/mol. The summed E-state index contributed by atoms with van der Waals surface area (Å²) in [5.41, 5.74) is 0.559. The molecule has 98 valence electrons. The summed E-state index contributed by atoms with van der Waals surface area (Å²) < 4.78 is 5.40. The topological polar surface area (TPSA) is 45.7 Å². The van der Waals surface area contributed by atoms with E-state index >= 15 is 0 Å². The molecule has 1 aromatic heterocycles. The molecule has 0 aliphatic carbocycles. The van der Waals surface area contributed by atoms with Crippen molar-refractivity contribution in [3.63, 3.8) is 0 Å². The van der Waals surface area contributed by atoms with Crippen LogP contribution in [0.2, 0.25) is 0 Å². The molecule has 0 spiro atoms. The minimum atomic E-state index is 0.0136. The van der Waals surface area contributed by atoms with E-state index in [2.05, 4.69) is 16.9 Å². The second kappa shape index (κ2) is 5.82. The van der Waals surface area contributed by atoms with E-state index in [1.54, 1.807) is 18.3 Å². The van der Waals surface area contributed by atoms with Gasteiger partial charge in [-0.1, -0.05) is 0 Å². The maximum Gasteiger partial charge on any atom is 0.259 e. The van der Waals surface area contributed by atoms with Gasteiger partial charge in [0.25, 0.3) is 5.91 Å². The van der Waals surface area contributed by atoms with Crippen molar-refractivity contribution >= 4 is 5.91 Å². The monoisotopic (exact) mass is 249 g/mol. The van der Waals surface area contributed by atoms with E-state index in [9.17, 15) is 4.79 Å². The van der Waals surface area contributed by atoms with Crippen molar-refractivity contribution in [3.05, 3.63) is 23.9 Å². The zero-order valence-electron chi connectivity index (χ0n) is 10.9. The number of nitrogens with zero attached hydrogens (tertiary/aromatic N) is 3. The van der Waals surface area contributed by atoms with Gasteiger partial charge in [0.2, 0.25) is 5.88 Å². The lowest BCUT2D eigenvalue weighted by molar-refractivity contribution is 0.0659. The summed E-state index contributed by atoms with van der Waals surface area (Å²) in [5.74, 6) is 0.448. The fraction of sp³-hybridized carbons (Fsp3) is 0.538. The van der Waals surface area contributed by atoms with Crippen LogP contribution in [0.4, 0.5) is 0 Å². The molecule has 0 bridgehead atoms. The Balaban J connectivity index is 2.13. The number of ether oxygens (including phenoxy) is 1. The molecule has 2 heterocycles. The Morgan fingerprint density at radius 2 is 2.11 bits per heavy atom. The van der Waals surface area contributed by atoms with Crippen LogP contribution in [0.3, 0.4) is 0 Å². The predicted molar refractivity (Wildman–Crippen MR) is 68.8 cm³/mol. The third-order valence-corrected chi connectivity index (χ3v) is 3.07. The van der Waals surface area contributed by atoms with Gasteiger partial charge in [-0.05, 0) is 26.1 Å². The van der Waals surface area contributed by atoms with Gasteiger partial charge in [0.05, 0.1) is 6.61 Å². The number of carbonyl (C=O) groups is 1. The van der Waals surface area contributed by atoms with E-state index in [4.69, 9.17) is 4.74 Å². The minimum absolute atomic E-state index is 0.0136. The molecule has 1 aromatic rings. The first-order chi connectivity index (χ1) is 8.72. The Morgan fingerprint density at radius 1 is 1.39 bits per heavy atom. The number of hydrogen-bond donors (Lipinski definition) is 0. The van der Waals surface area contributed by atoms with Crippen molar-refractivity contribution in [1.82, 2.24) is 14.8 Å². The van der Waals surface area contributed by atoms with Crippen LogP contribution in [-0.2, 0) is 0 Å². The molecule has 18 heavy (non-hydrogen) atoms. The molecule has 2 rings (SSSR count). The SMILES string of the molecule is CCOc1ncccc1C(=O)N1CCN(C)CC1. The van der Waals surface area contributed by atoms with Gasteiger partial charge in [0.15, 0.2) is 0 Å². The second-order valence-electron chi connectivity index (χ2n) is 4.38. The number of rotatable bonds is 3. The van der Waals surface area contributed by atoms with Crippen molar-refractivity contribution in [3.8, 4) is 5.88 Å². The number of piperazine rings is 1. The quantitative estimate of drug-likeness (QED) is 0.797. The first kappa shape index (κ1) is 12.8. The van der Waals surface area contributed by atoms with Gasteiger partial charge < -0.3 is 14.5 Å². The van der Waals surface area contributed by atoms with E-state index in [1.165, 1.54) is 0 Å². The highest BCUT2D eigenvalue weighted by Gasteiger charge is 2.23. The zero-order valence-corrected chi connectivity index (χ0v) is 10.9. The zero-order chi connectivity index (χ0) is 13.0. The normalized spacial score (nSPS) is 16.7. The molecule has 1 saturated heterocycles. The third kappa shape index (κ3) is 2.79. The molecule has 0 aromatic carbocycles. The summed E-state index contributed by atoms with van der Waals surface area (Å²) in [6.07, 6.45) is 1.64. The largest absolute Gasteiger partial charge is 0.477 e. The number of aromatic nitrogens is 1. The number of pyridine rings is 1. The number of amides is 1. The van der Waals surface area contributed by atoms with E-state index in [0.717, 1.165) is 26.2 Å². The summed E-state index contributed by atoms with van der Waals surface area (Å²) in [6.45, 7) is 5.75. The Hall–Kier alpha value is -1.62. The van der Waals surface area contributed by atoms with Crippen molar-refractivity contribution in [2.75, 3.05) is 39.8 Å². The van der Waals surface area contributed by atoms with E-state index in [1.807, 2.05) is 11.8 Å². The summed E-state index contributed by atoms with van der Waals surface area (Å²) in [7, 11) is 2.07. The third-order valence-electron chi connectivity index (χ3n) is 3.07. The van der Waals surface area contributed by atoms with Crippen molar-refractivity contribution < 1.29 is 9.53 Å². The Kier molecular flexibility index (Phi) is 4.15. The van der Waals surface area contributed by atoms with Gasteiger partial charge in [-0.15, -0.1) is 0 Å². The predicted octanol–water partition coefficient (Wildman–Crippen LogP) is 0.868. The van der Waals surface area contributed by atoms with Crippen LogP contribution in [0.15, 0.2) is 18.3 Å². The van der Waals surface area contributed by atoms with Crippen LogP contribution in [0.25, 0.3) is 0 Å². The molecule has 0 atom stereocenters. The molecule has 5 nitrogen and oxygen atoms in total. The molecule has 1 aliphatic heterocycles. The van der Waals surface area contributed by atoms with Crippen molar-refractivity contribution in [1.29, 1.82) is 0 Å². The Morgan fingerprint density at radius 3 is 2.78 bits per heavy atom. The van der Waals surface area contributed by atoms with E-state index in [0.29, 0.717) is 18.1 Å². The minimum Gasteiger partial charge on any atom is -0.477 e. The number of hydrogen-bond acceptors (Lipinski definition) is 4. The molecule has 0 radical (unpaired) electrons. The Bertz CT molecular complexity index is 414. The summed E-state index contributed by atoms with van der Waals surface area (Å²) in [4.78, 5) is 20.6. The lowest BCUT2D eigenvalue weighted by Gasteiger charge is -2.32. The van der Waals surface area contributed by atoms with Gasteiger partial charge in [0, 0.05) is 32.4 Å². The number of carbonyl (C=O) groups excluding carboxylic acids is 1. The maximum absolute atomic E-state index is 12.4. The lowest BCUT2D eigenvalue weighted by Crippen LogP contribution is -2.47. The number of likely N-dealkylation sites (N-methyl/N-ethyl adjacent to an activating group) is 1. The highest BCUT2D eigenvalue weighted by Crippen LogP contribution is 2.17. The highest BCUT2D eigenvalue weighted by molar-refractivity contribution is 5.96. The van der Waals surface area contributed by atoms with Crippen molar-refractivity contribution in [2.45, 2.75) is 6.92 Å². The highest BCUT2D eigenvalue weighted by atomic mass is 16.5. The standard InChI is InChI=1S/C13H19N3O2/c1-3-18-12-11(5-4-6-14-12)13(17)16-9-7-15(2)8-10-16/h4-6H,3,7-10H2,1-2H3. The van der Waals surface area contributed by atoms with Crippen LogP contribution in [0.5, 0.6) is 5.88 Å². The molecule has 1 aliphatic rings. The van der Waals surface area contributed by atoms with Gasteiger partial charge >= 0.3 is 0 Å². The van der Waals surface area contributed by atoms with Gasteiger partial charge in [0.1, 0.15) is 5.56 Å². The smallest absolute Gasteiger partial charge is 0.259 e. The first-order valence-electron chi connectivity index (χ1n) is 6.28. The summed E-state index contributed by atoms with van der Waals surface area (Å²) in [6, 6.07) is 3.55. The van der Waals surface area contributed by atoms with Gasteiger partial charge in [-0.2, -0.15) is 0 Å². The van der Waals surface area contributed by atoms with Crippen LogP contribution in [0, 0.1) is 0 Å². The molecule has 0 saturated carbocycles. The van der Waals surface area contributed by atoms with Gasteiger partial charge in [-0.3, -0.25) is 4.79 Å². The maximum atomic E-state index is 12.4. The molecule has 0 unspecified atom stereocenters. The van der Waals surface area contributed by atoms with Crippen LogP contribution in [0.1, 0.15) is 17.3 Å². The van der Waals surface area contributed by atoms with Gasteiger partial charge in [-0.25, -0.2) is 4.98 Å². The average molecular weight is 249 g/mol. The molecule has 0 N–H and O–H groups in total. The summed E-state index contributed by atoms with van der Waals surface area (Å²) in [5, 5.41) is 0. The van der Waals surface area contributed by atoms with E-state index in [-0.39, 0.29) is 5.91 Å². The summed E-state index contributed by atoms with van der Waals surface area (Å²) >= 11 is 0. The first-order valence-corrected chi connectivity index (χ1v) is 6.28. The Labute approximate surface area is 107 Å². The molecular formula is C13H19N3O2. The fourth-order valence-corrected chi connectivity index (χ4v) is 1.99. The van der Waals surface area contributed by atoms with Crippen LogP contribution < -0.4 is 4.74 Å². The average Bonchev–Trinajstić information content (AvgIpc) is 2.40. The lowest BCUT2D eigenvalue weighted by atomic mass is 10.2. The van der Waals surface area contributed by atoms with Crippen molar-refractivity contribution in [2.24, 2.45) is 0 Å².